The number of fused-ring (bicyclic) bond motifs is 1. The molecule has 1 aliphatic rings. The average Bonchev–Trinajstić information content (AvgIpc) is 2.82. The molecule has 0 atom stereocenters. The Bertz CT molecular complexity index is 846. The first-order chi connectivity index (χ1) is 12.0. The molecule has 0 saturated heterocycles. The van der Waals surface area contributed by atoms with E-state index >= 15 is 0 Å². The highest BCUT2D eigenvalue weighted by molar-refractivity contribution is 5.81. The summed E-state index contributed by atoms with van der Waals surface area (Å²) in [7, 11) is 0. The predicted octanol–water partition coefficient (Wildman–Crippen LogP) is 3.16. The van der Waals surface area contributed by atoms with Crippen LogP contribution in [0.2, 0.25) is 0 Å². The lowest BCUT2D eigenvalue weighted by atomic mass is 10.1. The standard InChI is InChI=1S/C20H27N3O2/c1-13-10-17-18(11-14(13)2)23(20(25)15(3)21-17)12-19(24)22-16-8-6-4-5-7-9-16/h10-11,16H,4-9,12H2,1-3H3,(H,22,24). The first-order valence-corrected chi connectivity index (χ1v) is 9.23. The van der Waals surface area contributed by atoms with Gasteiger partial charge in [-0.25, -0.2) is 4.98 Å². The zero-order chi connectivity index (χ0) is 18.0. The molecular formula is C20H27N3O2. The van der Waals surface area contributed by atoms with Crippen molar-refractivity contribution < 1.29 is 4.79 Å². The number of carbonyl (C=O) groups is 1. The fraction of sp³-hybridized carbons (Fsp3) is 0.550. The number of rotatable bonds is 3. The molecule has 1 fully saturated rings. The summed E-state index contributed by atoms with van der Waals surface area (Å²) in [6.45, 7) is 5.80. The van der Waals surface area contributed by atoms with Crippen LogP contribution in [0.15, 0.2) is 16.9 Å². The Morgan fingerprint density at radius 1 is 1.12 bits per heavy atom. The van der Waals surface area contributed by atoms with E-state index < -0.39 is 0 Å². The number of nitrogens with zero attached hydrogens (tertiary/aromatic N) is 2. The summed E-state index contributed by atoms with van der Waals surface area (Å²) in [6, 6.07) is 4.18. The normalized spacial score (nSPS) is 16.0. The van der Waals surface area contributed by atoms with Crippen LogP contribution in [-0.2, 0) is 11.3 Å². The second kappa shape index (κ2) is 7.38. The van der Waals surface area contributed by atoms with E-state index in [2.05, 4.69) is 10.3 Å². The Kier molecular flexibility index (Phi) is 5.21. The summed E-state index contributed by atoms with van der Waals surface area (Å²) >= 11 is 0. The Morgan fingerprint density at radius 3 is 2.44 bits per heavy atom. The van der Waals surface area contributed by atoms with Crippen LogP contribution in [0.5, 0.6) is 0 Å². The van der Waals surface area contributed by atoms with E-state index in [1.807, 2.05) is 26.0 Å². The van der Waals surface area contributed by atoms with Crippen molar-refractivity contribution in [2.45, 2.75) is 71.9 Å². The lowest BCUT2D eigenvalue weighted by Crippen LogP contribution is -2.39. The van der Waals surface area contributed by atoms with Gasteiger partial charge in [0.2, 0.25) is 5.91 Å². The number of aryl methyl sites for hydroxylation is 3. The van der Waals surface area contributed by atoms with E-state index in [0.717, 1.165) is 35.0 Å². The molecule has 134 valence electrons. The van der Waals surface area contributed by atoms with Crippen LogP contribution in [-0.4, -0.2) is 21.5 Å². The highest BCUT2D eigenvalue weighted by Gasteiger charge is 2.17. The van der Waals surface area contributed by atoms with Gasteiger partial charge in [-0.2, -0.15) is 0 Å². The van der Waals surface area contributed by atoms with E-state index in [1.54, 1.807) is 11.5 Å². The maximum Gasteiger partial charge on any atom is 0.272 e. The Balaban J connectivity index is 1.89. The molecule has 5 heteroatoms. The van der Waals surface area contributed by atoms with Gasteiger partial charge >= 0.3 is 0 Å². The van der Waals surface area contributed by atoms with E-state index in [4.69, 9.17) is 0 Å². The van der Waals surface area contributed by atoms with Crippen LogP contribution in [0.4, 0.5) is 0 Å². The lowest BCUT2D eigenvalue weighted by molar-refractivity contribution is -0.122. The van der Waals surface area contributed by atoms with Crippen molar-refractivity contribution in [2.24, 2.45) is 0 Å². The quantitative estimate of drug-likeness (QED) is 0.872. The van der Waals surface area contributed by atoms with Crippen molar-refractivity contribution in [3.63, 3.8) is 0 Å². The van der Waals surface area contributed by atoms with Crippen molar-refractivity contribution in [1.29, 1.82) is 0 Å². The summed E-state index contributed by atoms with van der Waals surface area (Å²) in [5, 5.41) is 3.13. The van der Waals surface area contributed by atoms with Gasteiger partial charge in [-0.05, 0) is 56.9 Å². The molecule has 0 radical (unpaired) electrons. The molecule has 1 N–H and O–H groups in total. The Hall–Kier alpha value is -2.17. The molecule has 1 amide bonds. The molecule has 2 aromatic rings. The lowest BCUT2D eigenvalue weighted by Gasteiger charge is -2.18. The molecular weight excluding hydrogens is 314 g/mol. The van der Waals surface area contributed by atoms with Gasteiger partial charge in [0.25, 0.3) is 5.56 Å². The molecule has 1 heterocycles. The molecule has 0 unspecified atom stereocenters. The molecule has 1 saturated carbocycles. The fourth-order valence-electron chi connectivity index (χ4n) is 3.62. The van der Waals surface area contributed by atoms with Crippen LogP contribution in [0.25, 0.3) is 11.0 Å². The summed E-state index contributed by atoms with van der Waals surface area (Å²) in [6.07, 6.45) is 6.91. The van der Waals surface area contributed by atoms with Gasteiger partial charge in [0.1, 0.15) is 12.2 Å². The molecule has 0 aliphatic heterocycles. The number of carbonyl (C=O) groups excluding carboxylic acids is 1. The van der Waals surface area contributed by atoms with Crippen LogP contribution in [0.3, 0.4) is 0 Å². The summed E-state index contributed by atoms with van der Waals surface area (Å²) in [5.74, 6) is -0.0841. The van der Waals surface area contributed by atoms with E-state index in [0.29, 0.717) is 5.69 Å². The SMILES string of the molecule is Cc1cc2nc(C)c(=O)n(CC(=O)NC3CCCCCC3)c2cc1C. The Morgan fingerprint density at radius 2 is 1.76 bits per heavy atom. The summed E-state index contributed by atoms with van der Waals surface area (Å²) < 4.78 is 1.57. The van der Waals surface area contributed by atoms with E-state index in [-0.39, 0.29) is 24.1 Å². The van der Waals surface area contributed by atoms with Crippen LogP contribution in [0.1, 0.15) is 55.3 Å². The van der Waals surface area contributed by atoms with E-state index in [9.17, 15) is 9.59 Å². The monoisotopic (exact) mass is 341 g/mol. The molecule has 0 bridgehead atoms. The smallest absolute Gasteiger partial charge is 0.272 e. The van der Waals surface area contributed by atoms with Gasteiger partial charge in [-0.3, -0.25) is 14.2 Å². The average molecular weight is 341 g/mol. The third-order valence-electron chi connectivity index (χ3n) is 5.25. The number of hydrogen-bond donors (Lipinski definition) is 1. The molecule has 1 aromatic carbocycles. The van der Waals surface area contributed by atoms with Gasteiger partial charge < -0.3 is 5.32 Å². The zero-order valence-corrected chi connectivity index (χ0v) is 15.4. The number of aromatic nitrogens is 2. The van der Waals surface area contributed by atoms with Gasteiger partial charge in [-0.15, -0.1) is 0 Å². The molecule has 0 spiro atoms. The molecule has 1 aliphatic carbocycles. The highest BCUT2D eigenvalue weighted by Crippen LogP contribution is 2.18. The van der Waals surface area contributed by atoms with Crippen LogP contribution >= 0.6 is 0 Å². The number of amides is 1. The number of nitrogens with one attached hydrogen (secondary N) is 1. The highest BCUT2D eigenvalue weighted by atomic mass is 16.2. The number of hydrogen-bond acceptors (Lipinski definition) is 3. The molecule has 5 nitrogen and oxygen atoms in total. The largest absolute Gasteiger partial charge is 0.352 e. The molecule has 1 aromatic heterocycles. The van der Waals surface area contributed by atoms with Crippen molar-refractivity contribution in [1.82, 2.24) is 14.9 Å². The van der Waals surface area contributed by atoms with Gasteiger partial charge in [-0.1, -0.05) is 25.7 Å². The van der Waals surface area contributed by atoms with Crippen molar-refractivity contribution >= 4 is 16.9 Å². The number of benzene rings is 1. The molecule has 25 heavy (non-hydrogen) atoms. The minimum Gasteiger partial charge on any atom is -0.352 e. The second-order valence-corrected chi connectivity index (χ2v) is 7.27. The summed E-state index contributed by atoms with van der Waals surface area (Å²) in [4.78, 5) is 29.6. The topological polar surface area (TPSA) is 64.0 Å². The second-order valence-electron chi connectivity index (χ2n) is 7.27. The molecule has 3 rings (SSSR count). The van der Waals surface area contributed by atoms with Crippen LogP contribution in [0, 0.1) is 20.8 Å². The van der Waals surface area contributed by atoms with Crippen molar-refractivity contribution in [3.8, 4) is 0 Å². The minimum atomic E-state index is -0.188. The minimum absolute atomic E-state index is 0.0533. The van der Waals surface area contributed by atoms with E-state index in [1.165, 1.54) is 25.7 Å². The summed E-state index contributed by atoms with van der Waals surface area (Å²) in [5.41, 5.74) is 3.96. The Labute approximate surface area is 148 Å². The van der Waals surface area contributed by atoms with Crippen molar-refractivity contribution in [3.05, 3.63) is 39.3 Å². The maximum absolute atomic E-state index is 12.6. The third kappa shape index (κ3) is 3.91. The first kappa shape index (κ1) is 17.6. The predicted molar refractivity (Wildman–Crippen MR) is 99.8 cm³/mol. The third-order valence-corrected chi connectivity index (χ3v) is 5.25. The van der Waals surface area contributed by atoms with Crippen molar-refractivity contribution in [2.75, 3.05) is 0 Å². The maximum atomic E-state index is 12.6. The van der Waals surface area contributed by atoms with Gasteiger partial charge in [0.05, 0.1) is 11.0 Å². The van der Waals surface area contributed by atoms with Gasteiger partial charge in [0.15, 0.2) is 0 Å². The van der Waals surface area contributed by atoms with Gasteiger partial charge in [0, 0.05) is 6.04 Å². The van der Waals surface area contributed by atoms with Crippen LogP contribution < -0.4 is 10.9 Å². The first-order valence-electron chi connectivity index (χ1n) is 9.23. The fourth-order valence-corrected chi connectivity index (χ4v) is 3.62. The zero-order valence-electron chi connectivity index (χ0n) is 15.4.